The number of rotatable bonds is 3. The number of nitrogens with one attached hydrogen (secondary N) is 1. The van der Waals surface area contributed by atoms with Crippen LogP contribution in [0.25, 0.3) is 0 Å². The Hall–Kier alpha value is -1.71. The maximum atomic E-state index is 13.8. The number of carbonyl (C=O) groups excluding carboxylic acids is 2. The SMILES string of the molecule is O=C(NC1CCCCC1)[C@H]1[C@H]2O[C@@H]3OC4(CCCCC4)O[C@@H]3[C@H]2OCC(=O)N1c1ccc(Cl)cc1. The minimum absolute atomic E-state index is 0.0972. The van der Waals surface area contributed by atoms with Gasteiger partial charge in [0.2, 0.25) is 5.91 Å². The van der Waals surface area contributed by atoms with Crippen LogP contribution < -0.4 is 10.2 Å². The second-order valence-electron chi connectivity index (χ2n) is 10.4. The van der Waals surface area contributed by atoms with E-state index in [1.165, 1.54) is 17.7 Å². The van der Waals surface area contributed by atoms with Gasteiger partial charge in [0.1, 0.15) is 31.0 Å². The van der Waals surface area contributed by atoms with E-state index in [0.29, 0.717) is 10.7 Å². The molecule has 3 heterocycles. The molecule has 0 bridgehead atoms. The van der Waals surface area contributed by atoms with Crippen LogP contribution in [-0.4, -0.2) is 60.9 Å². The van der Waals surface area contributed by atoms with Crippen LogP contribution in [0.4, 0.5) is 5.69 Å². The smallest absolute Gasteiger partial charge is 0.253 e. The summed E-state index contributed by atoms with van der Waals surface area (Å²) < 4.78 is 25.3. The molecule has 0 aromatic heterocycles. The van der Waals surface area contributed by atoms with E-state index in [2.05, 4.69) is 5.32 Å². The van der Waals surface area contributed by atoms with Crippen LogP contribution in [0.2, 0.25) is 5.02 Å². The van der Waals surface area contributed by atoms with Crippen molar-refractivity contribution in [1.29, 1.82) is 0 Å². The lowest BCUT2D eigenvalue weighted by Gasteiger charge is -2.37. The Labute approximate surface area is 210 Å². The van der Waals surface area contributed by atoms with Gasteiger partial charge in [0.15, 0.2) is 12.1 Å². The lowest BCUT2D eigenvalue weighted by molar-refractivity contribution is -0.248. The van der Waals surface area contributed by atoms with Crippen molar-refractivity contribution in [3.05, 3.63) is 29.3 Å². The third-order valence-electron chi connectivity index (χ3n) is 8.09. The Balaban J connectivity index is 1.31. The fraction of sp³-hybridized carbons (Fsp3) is 0.692. The first-order valence-corrected chi connectivity index (χ1v) is 13.4. The molecule has 5 fully saturated rings. The molecule has 1 N–H and O–H groups in total. The topological polar surface area (TPSA) is 86.3 Å². The number of ether oxygens (including phenoxy) is 4. The largest absolute Gasteiger partial charge is 0.363 e. The molecule has 6 rings (SSSR count). The van der Waals surface area contributed by atoms with E-state index >= 15 is 0 Å². The predicted octanol–water partition coefficient (Wildman–Crippen LogP) is 3.69. The maximum absolute atomic E-state index is 13.8. The van der Waals surface area contributed by atoms with Crippen molar-refractivity contribution < 1.29 is 28.5 Å². The Morgan fingerprint density at radius 3 is 2.40 bits per heavy atom. The molecule has 35 heavy (non-hydrogen) atoms. The lowest BCUT2D eigenvalue weighted by Crippen LogP contribution is -2.59. The third kappa shape index (κ3) is 4.48. The summed E-state index contributed by atoms with van der Waals surface area (Å²) in [4.78, 5) is 28.7. The van der Waals surface area contributed by atoms with Gasteiger partial charge in [-0.05, 0) is 49.9 Å². The number of benzene rings is 1. The molecule has 5 atom stereocenters. The molecule has 2 amide bonds. The zero-order valence-electron chi connectivity index (χ0n) is 19.8. The van der Waals surface area contributed by atoms with Crippen LogP contribution in [0, 0.1) is 0 Å². The lowest BCUT2D eigenvalue weighted by atomic mass is 9.94. The number of hydrogen-bond donors (Lipinski definition) is 1. The molecule has 9 heteroatoms. The molecule has 190 valence electrons. The van der Waals surface area contributed by atoms with Crippen LogP contribution in [-0.2, 0) is 28.5 Å². The van der Waals surface area contributed by atoms with E-state index in [4.69, 9.17) is 30.5 Å². The normalized spacial score (nSPS) is 34.9. The third-order valence-corrected chi connectivity index (χ3v) is 8.34. The molecule has 1 aromatic carbocycles. The summed E-state index contributed by atoms with van der Waals surface area (Å²) in [5, 5.41) is 3.76. The molecular weight excluding hydrogens is 472 g/mol. The van der Waals surface area contributed by atoms with Crippen LogP contribution in [0.3, 0.4) is 0 Å². The van der Waals surface area contributed by atoms with Crippen LogP contribution >= 0.6 is 11.6 Å². The van der Waals surface area contributed by atoms with E-state index in [0.717, 1.165) is 51.4 Å². The molecule has 2 saturated carbocycles. The molecule has 0 unspecified atom stereocenters. The Morgan fingerprint density at radius 2 is 1.66 bits per heavy atom. The first-order valence-electron chi connectivity index (χ1n) is 13.0. The zero-order chi connectivity index (χ0) is 24.0. The monoisotopic (exact) mass is 504 g/mol. The molecule has 3 aliphatic heterocycles. The summed E-state index contributed by atoms with van der Waals surface area (Å²) in [5.41, 5.74) is 0.582. The van der Waals surface area contributed by atoms with E-state index < -0.39 is 36.4 Å². The summed E-state index contributed by atoms with van der Waals surface area (Å²) in [6.07, 6.45) is 7.78. The molecule has 3 saturated heterocycles. The molecule has 1 spiro atoms. The quantitative estimate of drug-likeness (QED) is 0.675. The summed E-state index contributed by atoms with van der Waals surface area (Å²) in [6.45, 7) is -0.167. The Kier molecular flexibility index (Phi) is 6.52. The molecule has 2 aliphatic carbocycles. The van der Waals surface area contributed by atoms with Crippen molar-refractivity contribution in [2.45, 2.75) is 107 Å². The van der Waals surface area contributed by atoms with Crippen LogP contribution in [0.1, 0.15) is 64.2 Å². The molecule has 8 nitrogen and oxygen atoms in total. The predicted molar refractivity (Wildman–Crippen MR) is 128 cm³/mol. The number of carbonyl (C=O) groups is 2. The highest BCUT2D eigenvalue weighted by Crippen LogP contribution is 2.47. The van der Waals surface area contributed by atoms with Crippen molar-refractivity contribution in [2.24, 2.45) is 0 Å². The van der Waals surface area contributed by atoms with Gasteiger partial charge in [0, 0.05) is 29.6 Å². The molecule has 0 radical (unpaired) electrons. The van der Waals surface area contributed by atoms with Gasteiger partial charge in [-0.15, -0.1) is 0 Å². The average Bonchev–Trinajstić information content (AvgIpc) is 3.31. The Morgan fingerprint density at radius 1 is 0.943 bits per heavy atom. The van der Waals surface area contributed by atoms with E-state index in [-0.39, 0.29) is 24.5 Å². The van der Waals surface area contributed by atoms with Crippen molar-refractivity contribution in [2.75, 3.05) is 11.5 Å². The number of anilines is 1. The van der Waals surface area contributed by atoms with Gasteiger partial charge in [-0.2, -0.15) is 0 Å². The molecule has 1 aromatic rings. The van der Waals surface area contributed by atoms with Gasteiger partial charge in [0.25, 0.3) is 5.91 Å². The molecular formula is C26H33ClN2O6. The van der Waals surface area contributed by atoms with Gasteiger partial charge in [-0.25, -0.2) is 0 Å². The van der Waals surface area contributed by atoms with E-state index in [9.17, 15) is 9.59 Å². The highest BCUT2D eigenvalue weighted by molar-refractivity contribution is 6.30. The number of amides is 2. The van der Waals surface area contributed by atoms with Gasteiger partial charge in [-0.1, -0.05) is 37.3 Å². The van der Waals surface area contributed by atoms with Crippen molar-refractivity contribution in [3.63, 3.8) is 0 Å². The number of halogens is 1. The number of fused-ring (bicyclic) bond motifs is 3. The highest BCUT2D eigenvalue weighted by Gasteiger charge is 2.62. The van der Waals surface area contributed by atoms with Crippen molar-refractivity contribution in [1.82, 2.24) is 5.32 Å². The average molecular weight is 505 g/mol. The summed E-state index contributed by atoms with van der Waals surface area (Å²) in [6, 6.07) is 6.13. The first kappa shape index (κ1) is 23.7. The minimum Gasteiger partial charge on any atom is -0.363 e. The summed E-state index contributed by atoms with van der Waals surface area (Å²) in [5.74, 6) is -1.17. The fourth-order valence-corrected chi connectivity index (χ4v) is 6.50. The molecule has 5 aliphatic rings. The number of nitrogens with zero attached hydrogens (tertiary/aromatic N) is 1. The fourth-order valence-electron chi connectivity index (χ4n) is 6.37. The van der Waals surface area contributed by atoms with Crippen LogP contribution in [0.15, 0.2) is 24.3 Å². The Bertz CT molecular complexity index is 946. The second kappa shape index (κ2) is 9.63. The van der Waals surface area contributed by atoms with Crippen molar-refractivity contribution >= 4 is 29.1 Å². The van der Waals surface area contributed by atoms with E-state index in [1.807, 2.05) is 0 Å². The minimum atomic E-state index is -0.904. The van der Waals surface area contributed by atoms with Gasteiger partial charge in [0.05, 0.1) is 0 Å². The maximum Gasteiger partial charge on any atom is 0.253 e. The first-order chi connectivity index (χ1) is 17.0. The zero-order valence-corrected chi connectivity index (χ0v) is 20.6. The van der Waals surface area contributed by atoms with Crippen molar-refractivity contribution in [3.8, 4) is 0 Å². The van der Waals surface area contributed by atoms with Gasteiger partial charge < -0.3 is 24.3 Å². The van der Waals surface area contributed by atoms with Gasteiger partial charge >= 0.3 is 0 Å². The second-order valence-corrected chi connectivity index (χ2v) is 10.9. The van der Waals surface area contributed by atoms with Gasteiger partial charge in [-0.3, -0.25) is 14.5 Å². The summed E-state index contributed by atoms with van der Waals surface area (Å²) in [7, 11) is 0. The van der Waals surface area contributed by atoms with E-state index in [1.54, 1.807) is 24.3 Å². The highest BCUT2D eigenvalue weighted by atomic mass is 35.5. The number of hydrogen-bond acceptors (Lipinski definition) is 6. The summed E-state index contributed by atoms with van der Waals surface area (Å²) >= 11 is 6.11. The van der Waals surface area contributed by atoms with Crippen LogP contribution in [0.5, 0.6) is 0 Å². The standard InChI is InChI=1S/C26H33ClN2O6/c27-16-9-11-18(12-10-16)29-19(30)15-32-22-21(20(29)24(31)28-17-7-3-1-4-8-17)33-25-23(22)34-26(35-25)13-5-2-6-14-26/h9-12,17,20-23,25H,1-8,13-15H2,(H,28,31)/t20-,21-,22+,23-,25-/m1/s1.